The molecule has 1 amide bonds. The number of carbonyl (C=O) groups is 1. The molecule has 2 rings (SSSR count). The lowest BCUT2D eigenvalue weighted by atomic mass is 10.1. The smallest absolute Gasteiger partial charge is 0.433 e. The zero-order valence-corrected chi connectivity index (χ0v) is 19.1. The number of aromatic nitrogens is 1. The van der Waals surface area contributed by atoms with E-state index in [4.69, 9.17) is 0 Å². The van der Waals surface area contributed by atoms with Crippen LogP contribution >= 0.6 is 0 Å². The van der Waals surface area contributed by atoms with Gasteiger partial charge in [0.25, 0.3) is 0 Å². The molecule has 180 valence electrons. The van der Waals surface area contributed by atoms with E-state index >= 15 is 0 Å². The second kappa shape index (κ2) is 11.4. The number of unbranched alkanes of at least 4 members (excludes halogenated alkanes) is 1. The van der Waals surface area contributed by atoms with Crippen molar-refractivity contribution in [2.45, 2.75) is 45.8 Å². The summed E-state index contributed by atoms with van der Waals surface area (Å²) in [6, 6.07) is 4.82. The Labute approximate surface area is 192 Å². The summed E-state index contributed by atoms with van der Waals surface area (Å²) in [6.45, 7) is 3.42. The lowest BCUT2D eigenvalue weighted by Crippen LogP contribution is -2.23. The number of aryl methyl sites for hydroxylation is 2. The molecule has 1 N–H and O–H groups in total. The van der Waals surface area contributed by atoms with Crippen LogP contribution in [-0.4, -0.2) is 26.7 Å². The van der Waals surface area contributed by atoms with E-state index < -0.39 is 34.9 Å². The summed E-state index contributed by atoms with van der Waals surface area (Å²) in [4.78, 5) is 15.9. The van der Waals surface area contributed by atoms with Crippen LogP contribution in [-0.2, 0) is 35.2 Å². The molecule has 1 heterocycles. The molecule has 0 aliphatic heterocycles. The summed E-state index contributed by atoms with van der Waals surface area (Å²) < 4.78 is 76.1. The van der Waals surface area contributed by atoms with E-state index in [0.29, 0.717) is 29.5 Å². The molecule has 33 heavy (non-hydrogen) atoms. The molecule has 11 heteroatoms. The second-order valence-electron chi connectivity index (χ2n) is 7.34. The van der Waals surface area contributed by atoms with E-state index in [1.165, 1.54) is 25.3 Å². The van der Waals surface area contributed by atoms with Crippen molar-refractivity contribution in [2.24, 2.45) is 0 Å². The third kappa shape index (κ3) is 7.36. The third-order valence-corrected chi connectivity index (χ3v) is 5.43. The molecule has 0 radical (unpaired) electrons. The Morgan fingerprint density at radius 2 is 2.00 bits per heavy atom. The number of halogens is 4. The summed E-state index contributed by atoms with van der Waals surface area (Å²) in [7, 11) is 1.21. The molecule has 1 unspecified atom stereocenters. The Morgan fingerprint density at radius 3 is 2.58 bits per heavy atom. The quantitative estimate of drug-likeness (QED) is 0.322. The van der Waals surface area contributed by atoms with Gasteiger partial charge >= 0.3 is 6.18 Å². The van der Waals surface area contributed by atoms with Gasteiger partial charge in [-0.05, 0) is 54.7 Å². The van der Waals surface area contributed by atoms with E-state index in [-0.39, 0.29) is 17.9 Å². The van der Waals surface area contributed by atoms with Crippen LogP contribution in [0.2, 0.25) is 0 Å². The summed E-state index contributed by atoms with van der Waals surface area (Å²) in [5.41, 5.74) is 0.379. The number of anilines is 1. The fraction of sp³-hybridized carbons (Fsp3) is 0.364. The first-order valence-electron chi connectivity index (χ1n) is 10.1. The Hall–Kier alpha value is -2.79. The van der Waals surface area contributed by atoms with Crippen molar-refractivity contribution in [1.29, 1.82) is 0 Å². The summed E-state index contributed by atoms with van der Waals surface area (Å²) in [5, 5.41) is 2.57. The number of carbonyl (C=O) groups excluding carboxylic acids is 1. The van der Waals surface area contributed by atoms with E-state index in [1.807, 2.05) is 6.92 Å². The van der Waals surface area contributed by atoms with Gasteiger partial charge in [-0.3, -0.25) is 9.00 Å². The summed E-state index contributed by atoms with van der Waals surface area (Å²) >= 11 is -2.63. The Balaban J connectivity index is 2.12. The van der Waals surface area contributed by atoms with Crippen molar-refractivity contribution in [2.75, 3.05) is 11.4 Å². The van der Waals surface area contributed by atoms with Gasteiger partial charge in [-0.15, -0.1) is 0 Å². The molecular formula is C22H24F4N3O3S-. The lowest BCUT2D eigenvalue weighted by molar-refractivity contribution is -0.141. The van der Waals surface area contributed by atoms with E-state index in [1.54, 1.807) is 13.0 Å². The molecule has 1 aromatic carbocycles. The average molecular weight is 487 g/mol. The van der Waals surface area contributed by atoms with E-state index in [0.717, 1.165) is 22.9 Å². The molecule has 0 bridgehead atoms. The molecule has 0 saturated carbocycles. The maximum absolute atomic E-state index is 14.3. The van der Waals surface area contributed by atoms with Gasteiger partial charge in [-0.1, -0.05) is 25.5 Å². The molecule has 0 spiro atoms. The summed E-state index contributed by atoms with van der Waals surface area (Å²) in [5.74, 6) is -1.28. The highest BCUT2D eigenvalue weighted by atomic mass is 32.2. The van der Waals surface area contributed by atoms with Crippen molar-refractivity contribution in [3.05, 3.63) is 64.2 Å². The highest BCUT2D eigenvalue weighted by Crippen LogP contribution is 2.29. The molecule has 0 saturated heterocycles. The number of nitrogens with one attached hydrogen (secondary N) is 1. The van der Waals surface area contributed by atoms with Crippen LogP contribution in [0.1, 0.15) is 47.8 Å². The van der Waals surface area contributed by atoms with Crippen molar-refractivity contribution >= 4 is 28.9 Å². The van der Waals surface area contributed by atoms with Gasteiger partial charge in [0.15, 0.2) is 0 Å². The normalized spacial score (nSPS) is 12.7. The van der Waals surface area contributed by atoms with Crippen molar-refractivity contribution < 1.29 is 31.1 Å². The standard InChI is InChI=1S/C22H25F4N3O3S/c1-4-5-6-18-16(7-9-19(28-18)22(24,25)26)8-10-20(30)27-13-15-11-14(2)21(17(23)12-15)29(3)33(31)32/h7-12H,4-6,13H2,1-3H3,(H,27,30)(H,31,32)/p-1. The predicted octanol–water partition coefficient (Wildman–Crippen LogP) is 4.45. The van der Waals surface area contributed by atoms with Crippen LogP contribution < -0.4 is 9.62 Å². The maximum Gasteiger partial charge on any atom is 0.433 e. The number of nitrogens with zero attached hydrogens (tertiary/aromatic N) is 2. The fourth-order valence-electron chi connectivity index (χ4n) is 3.16. The van der Waals surface area contributed by atoms with Gasteiger partial charge in [-0.2, -0.15) is 13.2 Å². The number of benzene rings is 1. The van der Waals surface area contributed by atoms with Crippen molar-refractivity contribution in [3.63, 3.8) is 0 Å². The SMILES string of the molecule is CCCCc1nc(C(F)(F)F)ccc1C=CC(=O)NCc1cc(C)c(N(C)S(=O)[O-])c(F)c1. The minimum absolute atomic E-state index is 0.0284. The van der Waals surface area contributed by atoms with E-state index in [2.05, 4.69) is 10.3 Å². The zero-order valence-electron chi connectivity index (χ0n) is 18.3. The largest absolute Gasteiger partial charge is 0.755 e. The van der Waals surface area contributed by atoms with Gasteiger partial charge in [-0.25, -0.2) is 9.37 Å². The topological polar surface area (TPSA) is 85.4 Å². The van der Waals surface area contributed by atoms with Gasteiger partial charge in [0.05, 0.1) is 5.69 Å². The number of amides is 1. The number of hydrogen-bond acceptors (Lipinski definition) is 4. The Bertz CT molecular complexity index is 1030. The average Bonchev–Trinajstić information content (AvgIpc) is 2.73. The predicted molar refractivity (Wildman–Crippen MR) is 117 cm³/mol. The van der Waals surface area contributed by atoms with Crippen LogP contribution in [0.15, 0.2) is 30.3 Å². The van der Waals surface area contributed by atoms with Crippen LogP contribution in [0.5, 0.6) is 0 Å². The number of rotatable bonds is 9. The van der Waals surface area contributed by atoms with Gasteiger partial charge < -0.3 is 14.2 Å². The minimum Gasteiger partial charge on any atom is -0.755 e. The van der Waals surface area contributed by atoms with Gasteiger partial charge in [0, 0.05) is 36.6 Å². The van der Waals surface area contributed by atoms with Crippen LogP contribution in [0, 0.1) is 12.7 Å². The van der Waals surface area contributed by atoms with Crippen molar-refractivity contribution in [3.8, 4) is 0 Å². The van der Waals surface area contributed by atoms with Crippen LogP contribution in [0.3, 0.4) is 0 Å². The lowest BCUT2D eigenvalue weighted by Gasteiger charge is -2.24. The van der Waals surface area contributed by atoms with Crippen LogP contribution in [0.4, 0.5) is 23.2 Å². The third-order valence-electron chi connectivity index (χ3n) is 4.80. The zero-order chi connectivity index (χ0) is 24.8. The number of alkyl halides is 3. The highest BCUT2D eigenvalue weighted by molar-refractivity contribution is 7.80. The first-order chi connectivity index (χ1) is 15.4. The molecule has 0 aliphatic carbocycles. The molecule has 0 aliphatic rings. The molecular weight excluding hydrogens is 462 g/mol. The molecule has 6 nitrogen and oxygen atoms in total. The Morgan fingerprint density at radius 1 is 1.30 bits per heavy atom. The van der Waals surface area contributed by atoms with Crippen molar-refractivity contribution in [1.82, 2.24) is 10.3 Å². The number of pyridine rings is 1. The maximum atomic E-state index is 14.3. The molecule has 2 aromatic rings. The molecule has 1 atom stereocenters. The number of hydrogen-bond donors (Lipinski definition) is 1. The molecule has 0 fully saturated rings. The Kier molecular flexibility index (Phi) is 9.12. The fourth-order valence-corrected chi connectivity index (χ4v) is 3.54. The first-order valence-corrected chi connectivity index (χ1v) is 11.1. The highest BCUT2D eigenvalue weighted by Gasteiger charge is 2.32. The van der Waals surface area contributed by atoms with Gasteiger partial charge in [0.2, 0.25) is 5.91 Å². The summed E-state index contributed by atoms with van der Waals surface area (Å²) in [6.07, 6.45) is -0.225. The monoisotopic (exact) mass is 486 g/mol. The van der Waals surface area contributed by atoms with Crippen LogP contribution in [0.25, 0.3) is 6.08 Å². The second-order valence-corrected chi connectivity index (χ2v) is 8.32. The van der Waals surface area contributed by atoms with Gasteiger partial charge in [0.1, 0.15) is 11.5 Å². The van der Waals surface area contributed by atoms with E-state index in [9.17, 15) is 31.1 Å². The first kappa shape index (κ1) is 26.5. The molecule has 1 aromatic heterocycles. The minimum atomic E-state index is -4.55.